The number of nitriles is 1. The SMILES string of the molecule is N#CCCn1c(-c2ccccc2Cl)nc2ccccc21. The first-order valence-corrected chi connectivity index (χ1v) is 6.76. The number of fused-ring (bicyclic) bond motifs is 1. The van der Waals surface area contributed by atoms with Crippen LogP contribution in [0.15, 0.2) is 48.5 Å². The van der Waals surface area contributed by atoms with Crippen molar-refractivity contribution in [3.05, 3.63) is 53.6 Å². The fraction of sp³-hybridized carbons (Fsp3) is 0.125. The Balaban J connectivity index is 2.24. The lowest BCUT2D eigenvalue weighted by Gasteiger charge is -2.08. The Morgan fingerprint density at radius 3 is 2.65 bits per heavy atom. The predicted octanol–water partition coefficient (Wildman–Crippen LogP) is 4.27. The van der Waals surface area contributed by atoms with Crippen molar-refractivity contribution in [3.8, 4) is 17.5 Å². The Morgan fingerprint density at radius 1 is 1.10 bits per heavy atom. The van der Waals surface area contributed by atoms with E-state index in [1.807, 2.05) is 48.5 Å². The zero-order valence-corrected chi connectivity index (χ0v) is 11.5. The minimum atomic E-state index is 0.442. The van der Waals surface area contributed by atoms with Crippen LogP contribution in [0.25, 0.3) is 22.4 Å². The largest absolute Gasteiger partial charge is 0.323 e. The van der Waals surface area contributed by atoms with Crippen molar-refractivity contribution in [1.82, 2.24) is 9.55 Å². The first-order valence-electron chi connectivity index (χ1n) is 6.38. The van der Waals surface area contributed by atoms with Crippen molar-refractivity contribution in [2.75, 3.05) is 0 Å². The van der Waals surface area contributed by atoms with Crippen LogP contribution < -0.4 is 0 Å². The minimum Gasteiger partial charge on any atom is -0.323 e. The molecule has 0 radical (unpaired) electrons. The van der Waals surface area contributed by atoms with Gasteiger partial charge < -0.3 is 4.57 Å². The molecule has 0 unspecified atom stereocenters. The maximum Gasteiger partial charge on any atom is 0.142 e. The molecule has 98 valence electrons. The summed E-state index contributed by atoms with van der Waals surface area (Å²) in [6, 6.07) is 17.7. The first-order chi connectivity index (χ1) is 9.81. The van der Waals surface area contributed by atoms with Gasteiger partial charge in [-0.3, -0.25) is 0 Å². The lowest BCUT2D eigenvalue weighted by molar-refractivity contribution is 0.744. The summed E-state index contributed by atoms with van der Waals surface area (Å²) in [5.41, 5.74) is 2.83. The van der Waals surface area contributed by atoms with Crippen molar-refractivity contribution >= 4 is 22.6 Å². The highest BCUT2D eigenvalue weighted by molar-refractivity contribution is 6.33. The molecule has 0 aliphatic heterocycles. The molecule has 0 bridgehead atoms. The van der Waals surface area contributed by atoms with Crippen molar-refractivity contribution < 1.29 is 0 Å². The molecule has 3 nitrogen and oxygen atoms in total. The Kier molecular flexibility index (Phi) is 3.41. The van der Waals surface area contributed by atoms with E-state index in [-0.39, 0.29) is 0 Å². The number of nitrogens with zero attached hydrogens (tertiary/aromatic N) is 3. The average molecular weight is 282 g/mol. The van der Waals surface area contributed by atoms with Gasteiger partial charge in [0.1, 0.15) is 5.82 Å². The van der Waals surface area contributed by atoms with Crippen LogP contribution in [0.3, 0.4) is 0 Å². The third kappa shape index (κ3) is 2.15. The van der Waals surface area contributed by atoms with Crippen LogP contribution in [-0.2, 0) is 6.54 Å². The first kappa shape index (κ1) is 12.7. The van der Waals surface area contributed by atoms with E-state index < -0.39 is 0 Å². The Bertz CT molecular complexity index is 799. The summed E-state index contributed by atoms with van der Waals surface area (Å²) in [6.45, 7) is 0.609. The van der Waals surface area contributed by atoms with Gasteiger partial charge in [-0.2, -0.15) is 5.26 Å². The lowest BCUT2D eigenvalue weighted by atomic mass is 10.2. The van der Waals surface area contributed by atoms with Crippen LogP contribution in [0.5, 0.6) is 0 Å². The van der Waals surface area contributed by atoms with E-state index in [2.05, 4.69) is 15.6 Å². The van der Waals surface area contributed by atoms with Crippen molar-refractivity contribution in [2.45, 2.75) is 13.0 Å². The highest BCUT2D eigenvalue weighted by Crippen LogP contribution is 2.30. The van der Waals surface area contributed by atoms with E-state index >= 15 is 0 Å². The van der Waals surface area contributed by atoms with Crippen LogP contribution in [-0.4, -0.2) is 9.55 Å². The van der Waals surface area contributed by atoms with E-state index in [1.54, 1.807) is 0 Å². The molecule has 0 aliphatic carbocycles. The van der Waals surface area contributed by atoms with Crippen molar-refractivity contribution in [2.24, 2.45) is 0 Å². The van der Waals surface area contributed by atoms with Crippen molar-refractivity contribution in [1.29, 1.82) is 5.26 Å². The van der Waals surface area contributed by atoms with Gasteiger partial charge in [-0.1, -0.05) is 35.9 Å². The Morgan fingerprint density at radius 2 is 1.85 bits per heavy atom. The van der Waals surface area contributed by atoms with Gasteiger partial charge in [0.15, 0.2) is 0 Å². The zero-order chi connectivity index (χ0) is 13.9. The molecule has 3 rings (SSSR count). The van der Waals surface area contributed by atoms with Gasteiger partial charge >= 0.3 is 0 Å². The van der Waals surface area contributed by atoms with Crippen LogP contribution >= 0.6 is 11.6 Å². The van der Waals surface area contributed by atoms with Crippen molar-refractivity contribution in [3.63, 3.8) is 0 Å². The molecule has 0 saturated heterocycles. The van der Waals surface area contributed by atoms with Crippen LogP contribution in [0.2, 0.25) is 5.02 Å². The van der Waals surface area contributed by atoms with Crippen LogP contribution in [0, 0.1) is 11.3 Å². The second kappa shape index (κ2) is 5.36. The average Bonchev–Trinajstić information content (AvgIpc) is 2.84. The smallest absolute Gasteiger partial charge is 0.142 e. The summed E-state index contributed by atoms with van der Waals surface area (Å²) in [7, 11) is 0. The van der Waals surface area contributed by atoms with Gasteiger partial charge in [0.2, 0.25) is 0 Å². The van der Waals surface area contributed by atoms with E-state index in [0.717, 1.165) is 22.4 Å². The van der Waals surface area contributed by atoms with Gasteiger partial charge in [0.25, 0.3) is 0 Å². The molecule has 0 atom stereocenters. The summed E-state index contributed by atoms with van der Waals surface area (Å²) in [4.78, 5) is 4.67. The molecular weight excluding hydrogens is 270 g/mol. The summed E-state index contributed by atoms with van der Waals surface area (Å²) in [5, 5.41) is 9.51. The molecule has 0 aliphatic rings. The second-order valence-corrected chi connectivity index (χ2v) is 4.87. The van der Waals surface area contributed by atoms with E-state index in [9.17, 15) is 0 Å². The minimum absolute atomic E-state index is 0.442. The molecule has 0 spiro atoms. The maximum absolute atomic E-state index is 8.84. The van der Waals surface area contributed by atoms with E-state index in [4.69, 9.17) is 16.9 Å². The third-order valence-electron chi connectivity index (χ3n) is 3.22. The molecule has 0 saturated carbocycles. The quantitative estimate of drug-likeness (QED) is 0.719. The Hall–Kier alpha value is -2.31. The molecule has 1 aromatic heterocycles. The fourth-order valence-corrected chi connectivity index (χ4v) is 2.53. The molecule has 0 N–H and O–H groups in total. The molecule has 2 aromatic carbocycles. The number of hydrogen-bond donors (Lipinski definition) is 0. The monoisotopic (exact) mass is 281 g/mol. The molecule has 4 heteroatoms. The molecule has 0 amide bonds. The van der Waals surface area contributed by atoms with Crippen LogP contribution in [0.4, 0.5) is 0 Å². The van der Waals surface area contributed by atoms with Gasteiger partial charge in [-0.05, 0) is 24.3 Å². The number of hydrogen-bond acceptors (Lipinski definition) is 2. The van der Waals surface area contributed by atoms with Gasteiger partial charge in [-0.25, -0.2) is 4.98 Å². The standard InChI is InChI=1S/C16H12ClN3/c17-13-7-2-1-6-12(13)16-19-14-8-3-4-9-15(14)20(16)11-5-10-18/h1-4,6-9H,5,11H2. The molecule has 3 aromatic rings. The van der Waals surface area contributed by atoms with E-state index in [1.165, 1.54) is 0 Å². The van der Waals surface area contributed by atoms with Crippen LogP contribution in [0.1, 0.15) is 6.42 Å². The number of imidazole rings is 1. The zero-order valence-electron chi connectivity index (χ0n) is 10.8. The lowest BCUT2D eigenvalue weighted by Crippen LogP contribution is -2.00. The highest BCUT2D eigenvalue weighted by atomic mass is 35.5. The molecule has 20 heavy (non-hydrogen) atoms. The summed E-state index contributed by atoms with van der Waals surface area (Å²) in [6.07, 6.45) is 0.442. The molecular formula is C16H12ClN3. The highest BCUT2D eigenvalue weighted by Gasteiger charge is 2.14. The van der Waals surface area contributed by atoms with Gasteiger partial charge in [0, 0.05) is 12.1 Å². The Labute approximate surface area is 122 Å². The summed E-state index contributed by atoms with van der Waals surface area (Å²) >= 11 is 6.27. The summed E-state index contributed by atoms with van der Waals surface area (Å²) < 4.78 is 2.06. The third-order valence-corrected chi connectivity index (χ3v) is 3.55. The molecule has 0 fully saturated rings. The normalized spacial score (nSPS) is 10.6. The topological polar surface area (TPSA) is 41.6 Å². The second-order valence-electron chi connectivity index (χ2n) is 4.46. The number of benzene rings is 2. The number of rotatable bonds is 3. The number of aryl methyl sites for hydroxylation is 1. The number of aromatic nitrogens is 2. The van der Waals surface area contributed by atoms with Gasteiger partial charge in [0.05, 0.1) is 28.5 Å². The maximum atomic E-state index is 8.84. The van der Waals surface area contributed by atoms with E-state index in [0.29, 0.717) is 18.0 Å². The molecule has 1 heterocycles. The number of para-hydroxylation sites is 2. The summed E-state index contributed by atoms with van der Waals surface area (Å²) in [5.74, 6) is 0.812. The number of halogens is 1. The fourth-order valence-electron chi connectivity index (χ4n) is 2.31. The van der Waals surface area contributed by atoms with Gasteiger partial charge in [-0.15, -0.1) is 0 Å². The predicted molar refractivity (Wildman–Crippen MR) is 80.4 cm³/mol.